The van der Waals surface area contributed by atoms with Gasteiger partial charge in [-0.05, 0) is 62.4 Å². The maximum Gasteiger partial charge on any atom is 0.340 e. The van der Waals surface area contributed by atoms with Crippen LogP contribution in [0, 0.1) is 6.92 Å². The van der Waals surface area contributed by atoms with Crippen LogP contribution in [0.5, 0.6) is 5.75 Å². The number of phenolic OH excluding ortho intramolecular Hbond substituents is 1. The highest BCUT2D eigenvalue weighted by Crippen LogP contribution is 2.42. The molecule has 156 valence electrons. The molecule has 1 N–H and O–H groups in total. The van der Waals surface area contributed by atoms with E-state index in [9.17, 15) is 9.90 Å². The van der Waals surface area contributed by atoms with Crippen LogP contribution < -0.4 is 0 Å². The second-order valence-corrected chi connectivity index (χ2v) is 7.29. The molecular formula is C24H20ClN3O3. The van der Waals surface area contributed by atoms with Gasteiger partial charge in [0, 0.05) is 21.8 Å². The molecule has 0 unspecified atom stereocenters. The third-order valence-electron chi connectivity index (χ3n) is 4.91. The molecule has 0 bridgehead atoms. The number of aromatic nitrogens is 1. The lowest BCUT2D eigenvalue weighted by Gasteiger charge is -2.09. The number of esters is 1. The lowest BCUT2D eigenvalue weighted by molar-refractivity contribution is 0.0527. The Morgan fingerprint density at radius 2 is 1.74 bits per heavy atom. The standard InChI is InChI=1S/C24H20ClN3O3/c1-3-31-24(30)21-15(2)28(18-11-9-16(25)10-12-18)19-13-14-20(29)23(22(19)21)27-26-17-7-5-4-6-8-17/h4-14,29H,3H2,1-2H3. The SMILES string of the molecule is CCOC(=O)c1c(C)n(-c2ccc(Cl)cc2)c2ccc(O)c(N=Nc3ccccc3)c12. The number of hydrogen-bond donors (Lipinski definition) is 1. The molecular weight excluding hydrogens is 414 g/mol. The minimum atomic E-state index is -0.487. The first-order valence-electron chi connectivity index (χ1n) is 9.78. The Morgan fingerprint density at radius 1 is 1.03 bits per heavy atom. The van der Waals surface area contributed by atoms with E-state index in [1.54, 1.807) is 43.3 Å². The van der Waals surface area contributed by atoms with Crippen LogP contribution in [-0.4, -0.2) is 22.2 Å². The van der Waals surface area contributed by atoms with E-state index in [0.717, 1.165) is 5.69 Å². The van der Waals surface area contributed by atoms with Crippen LogP contribution in [0.3, 0.4) is 0 Å². The maximum atomic E-state index is 12.9. The van der Waals surface area contributed by atoms with Gasteiger partial charge in [0.2, 0.25) is 0 Å². The predicted octanol–water partition coefficient (Wildman–Crippen LogP) is 6.89. The van der Waals surface area contributed by atoms with E-state index in [1.165, 1.54) is 0 Å². The number of carbonyl (C=O) groups is 1. The Morgan fingerprint density at radius 3 is 2.42 bits per heavy atom. The van der Waals surface area contributed by atoms with E-state index in [4.69, 9.17) is 16.3 Å². The van der Waals surface area contributed by atoms with Crippen molar-refractivity contribution >= 4 is 39.8 Å². The summed E-state index contributed by atoms with van der Waals surface area (Å²) in [6, 6.07) is 19.8. The van der Waals surface area contributed by atoms with Gasteiger partial charge in [-0.25, -0.2) is 4.79 Å². The Labute approximate surface area is 184 Å². The molecule has 0 spiro atoms. The van der Waals surface area contributed by atoms with Crippen LogP contribution in [0.4, 0.5) is 11.4 Å². The number of benzene rings is 3. The van der Waals surface area contributed by atoms with Crippen molar-refractivity contribution in [2.45, 2.75) is 13.8 Å². The molecule has 4 rings (SSSR count). The van der Waals surface area contributed by atoms with Crippen molar-refractivity contribution < 1.29 is 14.6 Å². The van der Waals surface area contributed by atoms with Crippen LogP contribution in [0.1, 0.15) is 23.0 Å². The average molecular weight is 434 g/mol. The van der Waals surface area contributed by atoms with Crippen LogP contribution in [0.15, 0.2) is 77.0 Å². The monoisotopic (exact) mass is 433 g/mol. The largest absolute Gasteiger partial charge is 0.506 e. The van der Waals surface area contributed by atoms with Crippen molar-refractivity contribution in [3.8, 4) is 11.4 Å². The summed E-state index contributed by atoms with van der Waals surface area (Å²) in [5, 5.41) is 20.2. The molecule has 4 aromatic rings. The van der Waals surface area contributed by atoms with Gasteiger partial charge in [-0.15, -0.1) is 5.11 Å². The molecule has 0 radical (unpaired) electrons. The van der Waals surface area contributed by atoms with Gasteiger partial charge in [0.15, 0.2) is 0 Å². The van der Waals surface area contributed by atoms with E-state index >= 15 is 0 Å². The fourth-order valence-electron chi connectivity index (χ4n) is 3.56. The van der Waals surface area contributed by atoms with Crippen LogP contribution in [-0.2, 0) is 4.74 Å². The zero-order valence-electron chi connectivity index (χ0n) is 17.0. The minimum absolute atomic E-state index is 0.0778. The highest BCUT2D eigenvalue weighted by molar-refractivity contribution is 6.30. The molecule has 0 saturated heterocycles. The van der Waals surface area contributed by atoms with Gasteiger partial charge < -0.3 is 14.4 Å². The quantitative estimate of drug-likeness (QED) is 0.275. The Kier molecular flexibility index (Phi) is 5.73. The second-order valence-electron chi connectivity index (χ2n) is 6.86. The number of azo groups is 1. The van der Waals surface area contributed by atoms with Crippen molar-refractivity contribution in [3.05, 3.63) is 83.0 Å². The fourth-order valence-corrected chi connectivity index (χ4v) is 3.68. The van der Waals surface area contributed by atoms with Crippen LogP contribution >= 0.6 is 11.6 Å². The summed E-state index contributed by atoms with van der Waals surface area (Å²) in [6.07, 6.45) is 0. The summed E-state index contributed by atoms with van der Waals surface area (Å²) in [5.41, 5.74) is 3.36. The molecule has 7 heteroatoms. The fraction of sp³-hybridized carbons (Fsp3) is 0.125. The molecule has 0 aliphatic carbocycles. The smallest absolute Gasteiger partial charge is 0.340 e. The van der Waals surface area contributed by atoms with Crippen molar-refractivity contribution in [2.75, 3.05) is 6.61 Å². The number of hydrogen-bond acceptors (Lipinski definition) is 5. The number of phenols is 1. The maximum absolute atomic E-state index is 12.9. The number of ether oxygens (including phenoxy) is 1. The summed E-state index contributed by atoms with van der Waals surface area (Å²) in [7, 11) is 0. The average Bonchev–Trinajstić information content (AvgIpc) is 3.06. The summed E-state index contributed by atoms with van der Waals surface area (Å²) < 4.78 is 7.23. The molecule has 0 atom stereocenters. The first kappa shape index (κ1) is 20.6. The molecule has 0 saturated carbocycles. The lowest BCUT2D eigenvalue weighted by atomic mass is 10.1. The molecule has 1 heterocycles. The van der Waals surface area contributed by atoms with E-state index < -0.39 is 5.97 Å². The third-order valence-corrected chi connectivity index (χ3v) is 5.16. The van der Waals surface area contributed by atoms with Crippen LogP contribution in [0.25, 0.3) is 16.6 Å². The molecule has 0 aliphatic heterocycles. The number of halogens is 1. The first-order valence-corrected chi connectivity index (χ1v) is 10.2. The second kappa shape index (κ2) is 8.62. The molecule has 0 amide bonds. The van der Waals surface area contributed by atoms with E-state index in [1.807, 2.05) is 41.8 Å². The number of fused-ring (bicyclic) bond motifs is 1. The highest BCUT2D eigenvalue weighted by atomic mass is 35.5. The molecule has 1 aromatic heterocycles. The van der Waals surface area contributed by atoms with Gasteiger partial charge in [0.25, 0.3) is 0 Å². The van der Waals surface area contributed by atoms with Gasteiger partial charge >= 0.3 is 5.97 Å². The molecule has 3 aromatic carbocycles. The Balaban J connectivity index is 2.01. The summed E-state index contributed by atoms with van der Waals surface area (Å²) in [6.45, 7) is 3.81. The Bertz CT molecular complexity index is 1280. The third kappa shape index (κ3) is 3.90. The first-order chi connectivity index (χ1) is 15.0. The highest BCUT2D eigenvalue weighted by Gasteiger charge is 2.26. The zero-order valence-corrected chi connectivity index (χ0v) is 17.8. The van der Waals surface area contributed by atoms with Crippen molar-refractivity contribution in [3.63, 3.8) is 0 Å². The minimum Gasteiger partial charge on any atom is -0.506 e. The van der Waals surface area contributed by atoms with Gasteiger partial charge in [-0.1, -0.05) is 29.8 Å². The Hall–Kier alpha value is -3.64. The van der Waals surface area contributed by atoms with E-state index in [2.05, 4.69) is 10.2 Å². The van der Waals surface area contributed by atoms with Crippen molar-refractivity contribution in [1.82, 2.24) is 4.57 Å². The van der Waals surface area contributed by atoms with Crippen molar-refractivity contribution in [2.24, 2.45) is 10.2 Å². The van der Waals surface area contributed by atoms with Gasteiger partial charge in [0.1, 0.15) is 11.4 Å². The van der Waals surface area contributed by atoms with Crippen molar-refractivity contribution in [1.29, 1.82) is 0 Å². The van der Waals surface area contributed by atoms with Gasteiger partial charge in [0.05, 0.1) is 23.4 Å². The molecule has 0 fully saturated rings. The lowest BCUT2D eigenvalue weighted by Crippen LogP contribution is -2.07. The molecule has 31 heavy (non-hydrogen) atoms. The van der Waals surface area contributed by atoms with Gasteiger partial charge in [-0.3, -0.25) is 0 Å². The van der Waals surface area contributed by atoms with E-state index in [0.29, 0.717) is 32.9 Å². The summed E-state index contributed by atoms with van der Waals surface area (Å²) in [5.74, 6) is -0.564. The predicted molar refractivity (Wildman–Crippen MR) is 121 cm³/mol. The van der Waals surface area contributed by atoms with E-state index in [-0.39, 0.29) is 18.0 Å². The molecule has 6 nitrogen and oxygen atoms in total. The summed E-state index contributed by atoms with van der Waals surface area (Å²) >= 11 is 6.06. The number of rotatable bonds is 5. The zero-order chi connectivity index (χ0) is 22.0. The number of carbonyl (C=O) groups excluding carboxylic acids is 1. The number of aromatic hydroxyl groups is 1. The van der Waals surface area contributed by atoms with Crippen LogP contribution in [0.2, 0.25) is 5.02 Å². The topological polar surface area (TPSA) is 76.2 Å². The summed E-state index contributed by atoms with van der Waals surface area (Å²) in [4.78, 5) is 12.9. The normalized spacial score (nSPS) is 11.3. The number of nitrogens with zero attached hydrogens (tertiary/aromatic N) is 3. The van der Waals surface area contributed by atoms with Gasteiger partial charge in [-0.2, -0.15) is 5.11 Å². The molecule has 0 aliphatic rings.